The summed E-state index contributed by atoms with van der Waals surface area (Å²) in [5.74, 6) is -1.38. The van der Waals surface area contributed by atoms with Crippen LogP contribution in [0.25, 0.3) is 0 Å². The molecule has 0 radical (unpaired) electrons. The fourth-order valence-electron chi connectivity index (χ4n) is 4.71. The van der Waals surface area contributed by atoms with Crippen LogP contribution in [0.1, 0.15) is 20.8 Å². The third-order valence-corrected chi connectivity index (χ3v) is 6.77. The minimum absolute atomic E-state index is 0.0277. The maximum Gasteiger partial charge on any atom is 0.335 e. The summed E-state index contributed by atoms with van der Waals surface area (Å²) in [5, 5.41) is 39.3. The monoisotopic (exact) mass is 560 g/mol. The number of Topliss-reactive ketones (excluding diaryl/α,β-unsaturated/α-hetero) is 3. The van der Waals surface area contributed by atoms with Gasteiger partial charge in [-0.25, -0.2) is 4.79 Å². The Balaban J connectivity index is 2.07. The van der Waals surface area contributed by atoms with Crippen molar-refractivity contribution in [3.63, 3.8) is 0 Å². The van der Waals surface area contributed by atoms with E-state index in [0.717, 1.165) is 0 Å². The maximum atomic E-state index is 11.9. The fourth-order valence-corrected chi connectivity index (χ4v) is 4.71. The zero-order valence-corrected chi connectivity index (χ0v) is 23.1. The fraction of sp³-hybridized carbons (Fsp3) is 0.840. The number of aliphatic hydroxyl groups is 3. The standard InChI is InChI=1S/C25H44N4O10/c1-17(30)14-27-6-4-26(12-13-38-25-22(35)20(33)21(34)23(39-25)24(36)37)5-7-28(15-18(2)31)9-11-29(10-8-27)16-19(3)32/h20-23,25,33-35H,4-16H2,1-3H3,(H,36,37). The van der Waals surface area contributed by atoms with E-state index in [1.807, 2.05) is 14.7 Å². The van der Waals surface area contributed by atoms with Crippen molar-refractivity contribution in [1.29, 1.82) is 0 Å². The molecule has 0 saturated carbocycles. The van der Waals surface area contributed by atoms with E-state index >= 15 is 0 Å². The van der Waals surface area contributed by atoms with Crippen molar-refractivity contribution in [3.8, 4) is 0 Å². The van der Waals surface area contributed by atoms with Crippen LogP contribution >= 0.6 is 0 Å². The number of carboxylic acids is 1. The Kier molecular flexibility index (Phi) is 14.0. The summed E-state index contributed by atoms with van der Waals surface area (Å²) in [4.78, 5) is 55.1. The Hall–Kier alpha value is -1.88. The summed E-state index contributed by atoms with van der Waals surface area (Å²) in [6, 6.07) is 0. The number of rotatable bonds is 11. The number of ether oxygens (including phenoxy) is 2. The highest BCUT2D eigenvalue weighted by molar-refractivity contribution is 5.78. The third-order valence-electron chi connectivity index (χ3n) is 6.77. The number of nitrogens with zero attached hydrogens (tertiary/aromatic N) is 4. The highest BCUT2D eigenvalue weighted by Gasteiger charge is 2.47. The van der Waals surface area contributed by atoms with E-state index in [1.165, 1.54) is 13.8 Å². The van der Waals surface area contributed by atoms with Gasteiger partial charge in [-0.1, -0.05) is 0 Å². The molecule has 2 fully saturated rings. The maximum absolute atomic E-state index is 11.9. The van der Waals surface area contributed by atoms with Gasteiger partial charge in [0.15, 0.2) is 12.4 Å². The molecule has 0 bridgehead atoms. The Labute approximate surface area is 229 Å². The number of carbonyl (C=O) groups excluding carboxylic acids is 3. The SMILES string of the molecule is CC(=O)CN1CCN(CCOC2OC(C(=O)O)C(O)C(O)C2O)CCN(CC(C)=O)CCN(CC(C)=O)CC1. The minimum atomic E-state index is -1.79. The molecule has 4 N–H and O–H groups in total. The molecule has 2 saturated heterocycles. The molecule has 0 aromatic heterocycles. The van der Waals surface area contributed by atoms with Gasteiger partial charge in [-0.15, -0.1) is 0 Å². The summed E-state index contributed by atoms with van der Waals surface area (Å²) in [7, 11) is 0. The van der Waals surface area contributed by atoms with Gasteiger partial charge in [-0.2, -0.15) is 0 Å². The first kappa shape index (κ1) is 33.3. The molecule has 39 heavy (non-hydrogen) atoms. The minimum Gasteiger partial charge on any atom is -0.479 e. The number of aliphatic hydroxyl groups excluding tert-OH is 3. The lowest BCUT2D eigenvalue weighted by molar-refractivity contribution is -0.294. The molecule has 2 heterocycles. The van der Waals surface area contributed by atoms with Crippen LogP contribution in [-0.4, -0.2) is 179 Å². The predicted octanol–water partition coefficient (Wildman–Crippen LogP) is -3.12. The lowest BCUT2D eigenvalue weighted by Gasteiger charge is -2.38. The smallest absolute Gasteiger partial charge is 0.335 e. The van der Waals surface area contributed by atoms with Gasteiger partial charge in [0.05, 0.1) is 26.2 Å². The number of carbonyl (C=O) groups is 4. The first-order chi connectivity index (χ1) is 18.4. The largest absolute Gasteiger partial charge is 0.479 e. The van der Waals surface area contributed by atoms with E-state index in [9.17, 15) is 39.6 Å². The molecule has 14 nitrogen and oxygen atoms in total. The van der Waals surface area contributed by atoms with Gasteiger partial charge in [0.1, 0.15) is 35.7 Å². The molecular weight excluding hydrogens is 516 g/mol. The van der Waals surface area contributed by atoms with Gasteiger partial charge in [0.2, 0.25) is 0 Å². The van der Waals surface area contributed by atoms with Gasteiger partial charge < -0.3 is 29.9 Å². The van der Waals surface area contributed by atoms with E-state index in [0.29, 0.717) is 65.4 Å². The van der Waals surface area contributed by atoms with E-state index in [2.05, 4.69) is 4.90 Å². The first-order valence-corrected chi connectivity index (χ1v) is 13.3. The molecule has 0 spiro atoms. The van der Waals surface area contributed by atoms with Crippen molar-refractivity contribution < 1.29 is 49.1 Å². The average Bonchev–Trinajstić information content (AvgIpc) is 2.84. The zero-order valence-electron chi connectivity index (χ0n) is 23.1. The lowest BCUT2D eigenvalue weighted by Crippen LogP contribution is -2.60. The molecular formula is C25H44N4O10. The Morgan fingerprint density at radius 1 is 0.667 bits per heavy atom. The summed E-state index contributed by atoms with van der Waals surface area (Å²) < 4.78 is 10.8. The first-order valence-electron chi connectivity index (χ1n) is 13.3. The van der Waals surface area contributed by atoms with Crippen molar-refractivity contribution in [2.75, 3.05) is 85.1 Å². The van der Waals surface area contributed by atoms with Gasteiger partial charge in [-0.3, -0.25) is 34.0 Å². The molecule has 2 aliphatic rings. The molecule has 0 aliphatic carbocycles. The zero-order chi connectivity index (χ0) is 29.1. The highest BCUT2D eigenvalue weighted by Crippen LogP contribution is 2.22. The summed E-state index contributed by atoms with van der Waals surface area (Å²) >= 11 is 0. The summed E-state index contributed by atoms with van der Waals surface area (Å²) in [5.41, 5.74) is 0. The van der Waals surface area contributed by atoms with Crippen LogP contribution in [0.15, 0.2) is 0 Å². The van der Waals surface area contributed by atoms with Gasteiger partial charge >= 0.3 is 5.97 Å². The number of carboxylic acid groups (broad SMARTS) is 1. The topological polar surface area (TPSA) is 181 Å². The summed E-state index contributed by atoms with van der Waals surface area (Å²) in [6.45, 7) is 10.4. The van der Waals surface area contributed by atoms with Crippen LogP contribution in [0.2, 0.25) is 0 Å². The molecule has 0 aromatic carbocycles. The van der Waals surface area contributed by atoms with Gasteiger partial charge in [-0.05, 0) is 20.8 Å². The van der Waals surface area contributed by atoms with Crippen LogP contribution in [0.3, 0.4) is 0 Å². The number of hydrogen-bond donors (Lipinski definition) is 4. The quantitative estimate of drug-likeness (QED) is 0.199. The van der Waals surface area contributed by atoms with Crippen LogP contribution in [0.5, 0.6) is 0 Å². The Morgan fingerprint density at radius 2 is 1.05 bits per heavy atom. The normalized spacial score (nSPS) is 29.3. The molecule has 224 valence electrons. The number of hydrogen-bond acceptors (Lipinski definition) is 13. The molecule has 5 unspecified atom stereocenters. The Bertz CT molecular complexity index is 799. The van der Waals surface area contributed by atoms with Crippen LogP contribution in [-0.2, 0) is 28.7 Å². The van der Waals surface area contributed by atoms with Gasteiger partial charge in [0, 0.05) is 58.9 Å². The Morgan fingerprint density at radius 3 is 1.41 bits per heavy atom. The van der Waals surface area contributed by atoms with Crippen molar-refractivity contribution >= 4 is 23.3 Å². The number of aliphatic carboxylic acids is 1. The van der Waals surface area contributed by atoms with E-state index in [-0.39, 0.29) is 37.0 Å². The van der Waals surface area contributed by atoms with Crippen molar-refractivity contribution in [1.82, 2.24) is 19.6 Å². The van der Waals surface area contributed by atoms with Crippen molar-refractivity contribution in [3.05, 3.63) is 0 Å². The highest BCUT2D eigenvalue weighted by atomic mass is 16.7. The van der Waals surface area contributed by atoms with E-state index in [1.54, 1.807) is 6.92 Å². The van der Waals surface area contributed by atoms with Crippen molar-refractivity contribution in [2.24, 2.45) is 0 Å². The molecule has 0 amide bonds. The molecule has 2 aliphatic heterocycles. The van der Waals surface area contributed by atoms with Crippen LogP contribution in [0, 0.1) is 0 Å². The predicted molar refractivity (Wildman–Crippen MR) is 138 cm³/mol. The average molecular weight is 561 g/mol. The summed E-state index contributed by atoms with van der Waals surface area (Å²) in [6.07, 6.45) is -8.34. The third kappa shape index (κ3) is 11.6. The number of ketones is 3. The van der Waals surface area contributed by atoms with Gasteiger partial charge in [0.25, 0.3) is 0 Å². The van der Waals surface area contributed by atoms with Crippen LogP contribution in [0.4, 0.5) is 0 Å². The molecule has 14 heteroatoms. The van der Waals surface area contributed by atoms with Crippen LogP contribution < -0.4 is 0 Å². The van der Waals surface area contributed by atoms with E-state index < -0.39 is 36.7 Å². The second kappa shape index (κ2) is 16.4. The molecule has 5 atom stereocenters. The lowest BCUT2D eigenvalue weighted by atomic mass is 9.99. The molecule has 2 rings (SSSR count). The molecule has 0 aromatic rings. The second-order valence-electron chi connectivity index (χ2n) is 10.4. The van der Waals surface area contributed by atoms with E-state index in [4.69, 9.17) is 9.47 Å². The van der Waals surface area contributed by atoms with Crippen molar-refractivity contribution in [2.45, 2.75) is 51.5 Å². The second-order valence-corrected chi connectivity index (χ2v) is 10.4.